The molecule has 0 radical (unpaired) electrons. The minimum absolute atomic E-state index is 0.327. The van der Waals surface area contributed by atoms with Crippen LogP contribution in [0.4, 0.5) is 11.4 Å². The van der Waals surface area contributed by atoms with Gasteiger partial charge in [0.25, 0.3) is 0 Å². The number of rotatable bonds is 5. The van der Waals surface area contributed by atoms with E-state index < -0.39 is 15.9 Å². The SMILES string of the molecule is Cc1cc(Cl)ccc1NC(=O)CN(c1cccc(Cl)c1)S(C)(=O)=O. The molecular weight excluding hydrogens is 371 g/mol. The fourth-order valence-corrected chi connectivity index (χ4v) is 3.38. The summed E-state index contributed by atoms with van der Waals surface area (Å²) >= 11 is 11.8. The summed E-state index contributed by atoms with van der Waals surface area (Å²) in [6, 6.07) is 11.3. The van der Waals surface area contributed by atoms with E-state index in [-0.39, 0.29) is 6.54 Å². The second-order valence-electron chi connectivity index (χ2n) is 5.26. The number of carbonyl (C=O) groups excluding carboxylic acids is 1. The lowest BCUT2D eigenvalue weighted by molar-refractivity contribution is -0.114. The van der Waals surface area contributed by atoms with Gasteiger partial charge in [0.2, 0.25) is 15.9 Å². The summed E-state index contributed by atoms with van der Waals surface area (Å²) in [6.07, 6.45) is 1.04. The van der Waals surface area contributed by atoms with Gasteiger partial charge >= 0.3 is 0 Å². The van der Waals surface area contributed by atoms with Gasteiger partial charge in [0.05, 0.1) is 11.9 Å². The minimum atomic E-state index is -3.65. The largest absolute Gasteiger partial charge is 0.324 e. The van der Waals surface area contributed by atoms with Crippen molar-refractivity contribution < 1.29 is 13.2 Å². The Morgan fingerprint density at radius 3 is 2.38 bits per heavy atom. The molecule has 1 N–H and O–H groups in total. The average Bonchev–Trinajstić information content (AvgIpc) is 2.46. The van der Waals surface area contributed by atoms with Crippen molar-refractivity contribution in [1.29, 1.82) is 0 Å². The average molecular weight is 387 g/mol. The van der Waals surface area contributed by atoms with E-state index in [2.05, 4.69) is 5.32 Å². The van der Waals surface area contributed by atoms with Crippen LogP contribution in [0.1, 0.15) is 5.56 Å². The number of nitrogens with zero attached hydrogens (tertiary/aromatic N) is 1. The standard InChI is InChI=1S/C16H16Cl2N2O3S/c1-11-8-13(18)6-7-15(11)19-16(21)10-20(24(2,22)23)14-5-3-4-12(17)9-14/h3-9H,10H2,1-2H3,(H,19,21). The summed E-state index contributed by atoms with van der Waals surface area (Å²) in [4.78, 5) is 12.3. The van der Waals surface area contributed by atoms with Gasteiger partial charge in [-0.1, -0.05) is 29.3 Å². The maximum atomic E-state index is 12.3. The van der Waals surface area contributed by atoms with Gasteiger partial charge in [0.1, 0.15) is 6.54 Å². The van der Waals surface area contributed by atoms with E-state index in [0.717, 1.165) is 16.1 Å². The highest BCUT2D eigenvalue weighted by Crippen LogP contribution is 2.23. The van der Waals surface area contributed by atoms with Crippen molar-refractivity contribution in [1.82, 2.24) is 0 Å². The molecule has 5 nitrogen and oxygen atoms in total. The molecule has 0 bridgehead atoms. The Bertz CT molecular complexity index is 869. The molecule has 0 unspecified atom stereocenters. The minimum Gasteiger partial charge on any atom is -0.324 e. The highest BCUT2D eigenvalue weighted by atomic mass is 35.5. The normalized spacial score (nSPS) is 11.2. The molecule has 2 aromatic rings. The topological polar surface area (TPSA) is 66.5 Å². The zero-order valence-corrected chi connectivity index (χ0v) is 15.4. The fraction of sp³-hybridized carbons (Fsp3) is 0.188. The second-order valence-corrected chi connectivity index (χ2v) is 8.04. The molecule has 24 heavy (non-hydrogen) atoms. The molecule has 0 saturated carbocycles. The summed E-state index contributed by atoms with van der Waals surface area (Å²) in [5.74, 6) is -0.467. The van der Waals surface area contributed by atoms with Gasteiger partial charge in [-0.25, -0.2) is 8.42 Å². The first-order chi connectivity index (χ1) is 11.2. The van der Waals surface area contributed by atoms with Gasteiger partial charge in [-0.15, -0.1) is 0 Å². The predicted octanol–water partition coefficient (Wildman–Crippen LogP) is 3.71. The third kappa shape index (κ3) is 4.87. The van der Waals surface area contributed by atoms with Crippen molar-refractivity contribution in [3.05, 3.63) is 58.1 Å². The molecule has 0 fully saturated rings. The number of amides is 1. The Kier molecular flexibility index (Phi) is 5.74. The number of hydrogen-bond donors (Lipinski definition) is 1. The smallest absolute Gasteiger partial charge is 0.245 e. The van der Waals surface area contributed by atoms with Crippen LogP contribution in [0, 0.1) is 6.92 Å². The third-order valence-electron chi connectivity index (χ3n) is 3.25. The lowest BCUT2D eigenvalue weighted by atomic mass is 10.2. The van der Waals surface area contributed by atoms with Gasteiger partial charge in [0, 0.05) is 15.7 Å². The van der Waals surface area contributed by atoms with Crippen molar-refractivity contribution in [2.45, 2.75) is 6.92 Å². The molecule has 0 spiro atoms. The molecule has 1 amide bonds. The van der Waals surface area contributed by atoms with E-state index in [1.165, 1.54) is 6.07 Å². The van der Waals surface area contributed by atoms with E-state index in [4.69, 9.17) is 23.2 Å². The number of nitrogens with one attached hydrogen (secondary N) is 1. The van der Waals surface area contributed by atoms with Gasteiger partial charge in [-0.3, -0.25) is 9.10 Å². The van der Waals surface area contributed by atoms with Crippen LogP contribution in [0.3, 0.4) is 0 Å². The van der Waals surface area contributed by atoms with Crippen molar-refractivity contribution >= 4 is 50.5 Å². The summed E-state index contributed by atoms with van der Waals surface area (Å²) in [5.41, 5.74) is 1.68. The molecule has 2 aromatic carbocycles. The van der Waals surface area contributed by atoms with E-state index in [1.807, 2.05) is 0 Å². The summed E-state index contributed by atoms with van der Waals surface area (Å²) in [7, 11) is -3.65. The van der Waals surface area contributed by atoms with E-state index in [9.17, 15) is 13.2 Å². The van der Waals surface area contributed by atoms with Crippen LogP contribution < -0.4 is 9.62 Å². The van der Waals surface area contributed by atoms with Crippen LogP contribution in [-0.4, -0.2) is 27.1 Å². The van der Waals surface area contributed by atoms with Crippen molar-refractivity contribution in [3.63, 3.8) is 0 Å². The lowest BCUT2D eigenvalue weighted by Gasteiger charge is -2.22. The highest BCUT2D eigenvalue weighted by molar-refractivity contribution is 7.92. The first-order valence-electron chi connectivity index (χ1n) is 6.96. The fourth-order valence-electron chi connectivity index (χ4n) is 2.12. The van der Waals surface area contributed by atoms with Crippen LogP contribution in [0.25, 0.3) is 0 Å². The molecule has 2 rings (SSSR count). The summed E-state index contributed by atoms with van der Waals surface area (Å²) < 4.78 is 25.1. The molecule has 8 heteroatoms. The molecule has 0 aliphatic carbocycles. The van der Waals surface area contributed by atoms with Crippen LogP contribution in [0.15, 0.2) is 42.5 Å². The number of benzene rings is 2. The first-order valence-corrected chi connectivity index (χ1v) is 9.56. The molecule has 0 aliphatic rings. The monoisotopic (exact) mass is 386 g/mol. The van der Waals surface area contributed by atoms with Gasteiger partial charge in [0.15, 0.2) is 0 Å². The van der Waals surface area contributed by atoms with Crippen molar-refractivity contribution in [3.8, 4) is 0 Å². The van der Waals surface area contributed by atoms with Gasteiger partial charge in [-0.05, 0) is 48.9 Å². The maximum absolute atomic E-state index is 12.3. The second kappa shape index (κ2) is 7.42. The number of anilines is 2. The number of hydrogen-bond acceptors (Lipinski definition) is 3. The number of aryl methyl sites for hydroxylation is 1. The molecule has 0 aromatic heterocycles. The van der Waals surface area contributed by atoms with E-state index in [0.29, 0.717) is 21.4 Å². The van der Waals surface area contributed by atoms with Crippen molar-refractivity contribution in [2.75, 3.05) is 22.4 Å². The molecular formula is C16H16Cl2N2O3S. The highest BCUT2D eigenvalue weighted by Gasteiger charge is 2.21. The van der Waals surface area contributed by atoms with Gasteiger partial charge < -0.3 is 5.32 Å². The van der Waals surface area contributed by atoms with Crippen LogP contribution in [-0.2, 0) is 14.8 Å². The van der Waals surface area contributed by atoms with E-state index in [1.54, 1.807) is 43.3 Å². The lowest BCUT2D eigenvalue weighted by Crippen LogP contribution is -2.37. The van der Waals surface area contributed by atoms with Crippen molar-refractivity contribution in [2.24, 2.45) is 0 Å². The maximum Gasteiger partial charge on any atom is 0.245 e. The Balaban J connectivity index is 2.22. The Hall–Kier alpha value is -1.76. The Morgan fingerprint density at radius 2 is 1.79 bits per heavy atom. The van der Waals surface area contributed by atoms with Crippen LogP contribution in [0.2, 0.25) is 10.0 Å². The molecule has 0 heterocycles. The van der Waals surface area contributed by atoms with Crippen LogP contribution >= 0.6 is 23.2 Å². The molecule has 0 saturated heterocycles. The Labute approximate surface area is 151 Å². The molecule has 0 atom stereocenters. The van der Waals surface area contributed by atoms with Gasteiger partial charge in [-0.2, -0.15) is 0 Å². The summed E-state index contributed by atoms with van der Waals surface area (Å²) in [5, 5.41) is 3.63. The van der Waals surface area contributed by atoms with Crippen LogP contribution in [0.5, 0.6) is 0 Å². The van der Waals surface area contributed by atoms with E-state index >= 15 is 0 Å². The Morgan fingerprint density at radius 1 is 1.12 bits per heavy atom. The number of sulfonamides is 1. The predicted molar refractivity (Wildman–Crippen MR) is 98.5 cm³/mol. The molecule has 0 aliphatic heterocycles. The molecule has 128 valence electrons. The zero-order valence-electron chi connectivity index (χ0n) is 13.1. The number of carbonyl (C=O) groups is 1. The number of halogens is 2. The summed E-state index contributed by atoms with van der Waals surface area (Å²) in [6.45, 7) is 1.44. The first kappa shape index (κ1) is 18.6. The third-order valence-corrected chi connectivity index (χ3v) is 4.86. The quantitative estimate of drug-likeness (QED) is 0.851. The zero-order chi connectivity index (χ0) is 17.9.